The molecular formula is C45H36BNO. The summed E-state index contributed by atoms with van der Waals surface area (Å²) in [5.41, 5.74) is 16.5. The van der Waals surface area contributed by atoms with Gasteiger partial charge in [-0.2, -0.15) is 0 Å². The first kappa shape index (κ1) is 27.8. The van der Waals surface area contributed by atoms with Gasteiger partial charge in [0.05, 0.1) is 10.9 Å². The van der Waals surface area contributed by atoms with Crippen molar-refractivity contribution in [3.8, 4) is 28.1 Å². The second-order valence-corrected chi connectivity index (χ2v) is 15.3. The molecule has 10 rings (SSSR count). The fourth-order valence-electron chi connectivity index (χ4n) is 8.94. The molecule has 0 fully saturated rings. The zero-order valence-electron chi connectivity index (χ0n) is 28.1. The largest absolute Gasteiger partial charge is 0.455 e. The molecule has 2 aromatic heterocycles. The highest BCUT2D eigenvalue weighted by Gasteiger charge is 2.45. The molecule has 0 aliphatic carbocycles. The molecule has 4 heterocycles. The topological polar surface area (TPSA) is 18.1 Å². The van der Waals surface area contributed by atoms with Gasteiger partial charge in [-0.25, -0.2) is 0 Å². The van der Waals surface area contributed by atoms with Gasteiger partial charge in [0.2, 0.25) is 6.71 Å². The molecule has 0 saturated carbocycles. The van der Waals surface area contributed by atoms with Crippen LogP contribution in [-0.4, -0.2) is 11.3 Å². The first-order valence-corrected chi connectivity index (χ1v) is 17.2. The minimum absolute atomic E-state index is 0.0400. The fourth-order valence-corrected chi connectivity index (χ4v) is 8.94. The van der Waals surface area contributed by atoms with Crippen molar-refractivity contribution in [3.63, 3.8) is 0 Å². The van der Waals surface area contributed by atoms with Gasteiger partial charge in [-0.15, -0.1) is 0 Å². The number of aromatic nitrogens is 1. The first-order valence-electron chi connectivity index (χ1n) is 17.2. The summed E-state index contributed by atoms with van der Waals surface area (Å²) >= 11 is 0. The van der Waals surface area contributed by atoms with Crippen LogP contribution in [-0.2, 0) is 10.8 Å². The van der Waals surface area contributed by atoms with Gasteiger partial charge in [-0.1, -0.05) is 149 Å². The van der Waals surface area contributed by atoms with E-state index in [4.69, 9.17) is 4.42 Å². The molecule has 0 bridgehead atoms. The normalized spacial score (nSPS) is 14.5. The van der Waals surface area contributed by atoms with Crippen molar-refractivity contribution >= 4 is 55.9 Å². The molecule has 230 valence electrons. The molecule has 2 nitrogen and oxygen atoms in total. The van der Waals surface area contributed by atoms with E-state index in [0.29, 0.717) is 0 Å². The molecule has 0 N–H and O–H groups in total. The van der Waals surface area contributed by atoms with E-state index < -0.39 is 0 Å². The van der Waals surface area contributed by atoms with Crippen LogP contribution in [0.25, 0.3) is 60.9 Å². The molecular weight excluding hydrogens is 581 g/mol. The molecule has 2 aliphatic rings. The van der Waals surface area contributed by atoms with Crippen LogP contribution in [0.15, 0.2) is 132 Å². The minimum Gasteiger partial charge on any atom is -0.455 e. The van der Waals surface area contributed by atoms with E-state index in [1.54, 1.807) is 0 Å². The zero-order chi connectivity index (χ0) is 32.5. The van der Waals surface area contributed by atoms with Gasteiger partial charge < -0.3 is 8.98 Å². The molecule has 0 saturated heterocycles. The predicted octanol–water partition coefficient (Wildman–Crippen LogP) is 9.63. The molecule has 48 heavy (non-hydrogen) atoms. The lowest BCUT2D eigenvalue weighted by atomic mass is 9.30. The highest BCUT2D eigenvalue weighted by atomic mass is 16.3. The van der Waals surface area contributed by atoms with Crippen LogP contribution in [0.1, 0.15) is 51.3 Å². The molecule has 3 heteroatoms. The molecule has 2 aliphatic heterocycles. The summed E-state index contributed by atoms with van der Waals surface area (Å²) < 4.78 is 9.67. The zero-order valence-corrected chi connectivity index (χ0v) is 28.1. The summed E-state index contributed by atoms with van der Waals surface area (Å²) in [5, 5.41) is 3.59. The first-order chi connectivity index (χ1) is 23.2. The average Bonchev–Trinajstić information content (AvgIpc) is 3.66. The third-order valence-electron chi connectivity index (χ3n) is 11.2. The third-order valence-corrected chi connectivity index (χ3v) is 11.2. The van der Waals surface area contributed by atoms with Crippen LogP contribution in [0.4, 0.5) is 0 Å². The summed E-state index contributed by atoms with van der Waals surface area (Å²) in [4.78, 5) is 0. The molecule has 0 unspecified atom stereocenters. The molecule has 0 atom stereocenters. The SMILES string of the molecule is CC(C)(C)c1ccc2c(c1)B1c3ccccc3C(C)(C)c3ccc4c5c6oc(-c7ccccc7)c(-c7ccccc7)c6ccc5n-2c4c31. The van der Waals surface area contributed by atoms with Gasteiger partial charge in [0.15, 0.2) is 0 Å². The molecule has 8 aromatic rings. The Morgan fingerprint density at radius 3 is 2.08 bits per heavy atom. The smallest absolute Gasteiger partial charge is 0.247 e. The van der Waals surface area contributed by atoms with Gasteiger partial charge in [0.1, 0.15) is 11.3 Å². The lowest BCUT2D eigenvalue weighted by molar-refractivity contribution is 0.590. The number of fused-ring (bicyclic) bond motifs is 10. The number of nitrogens with zero attached hydrogens (tertiary/aromatic N) is 1. The Hall–Kier alpha value is -5.28. The number of furan rings is 1. The quantitative estimate of drug-likeness (QED) is 0.177. The van der Waals surface area contributed by atoms with E-state index in [2.05, 4.69) is 167 Å². The molecule has 0 amide bonds. The lowest BCUT2D eigenvalue weighted by Crippen LogP contribution is -2.63. The Morgan fingerprint density at radius 2 is 1.33 bits per heavy atom. The summed E-state index contributed by atoms with van der Waals surface area (Å²) in [6, 6.07) is 47.1. The van der Waals surface area contributed by atoms with Gasteiger partial charge >= 0.3 is 0 Å². The Labute approximate surface area is 281 Å². The van der Waals surface area contributed by atoms with Crippen molar-refractivity contribution in [1.82, 2.24) is 4.57 Å². The number of benzene rings is 6. The van der Waals surface area contributed by atoms with Crippen LogP contribution >= 0.6 is 0 Å². The Morgan fingerprint density at radius 1 is 0.646 bits per heavy atom. The maximum Gasteiger partial charge on any atom is 0.247 e. The second-order valence-electron chi connectivity index (χ2n) is 15.3. The monoisotopic (exact) mass is 617 g/mol. The molecule has 0 spiro atoms. The number of hydrogen-bond donors (Lipinski definition) is 0. The predicted molar refractivity (Wildman–Crippen MR) is 203 cm³/mol. The fraction of sp³-hybridized carbons (Fsp3) is 0.156. The Kier molecular flexibility index (Phi) is 5.45. The van der Waals surface area contributed by atoms with Crippen molar-refractivity contribution < 1.29 is 4.42 Å². The van der Waals surface area contributed by atoms with E-state index >= 15 is 0 Å². The van der Waals surface area contributed by atoms with Crippen molar-refractivity contribution in [2.45, 2.75) is 45.4 Å². The van der Waals surface area contributed by atoms with Gasteiger partial charge in [0.25, 0.3) is 0 Å². The number of rotatable bonds is 2. The number of hydrogen-bond acceptors (Lipinski definition) is 1. The Bertz CT molecular complexity index is 2610. The van der Waals surface area contributed by atoms with Crippen molar-refractivity contribution in [3.05, 3.63) is 144 Å². The third kappa shape index (κ3) is 3.54. The van der Waals surface area contributed by atoms with Crippen LogP contribution in [0.3, 0.4) is 0 Å². The van der Waals surface area contributed by atoms with Crippen molar-refractivity contribution in [2.24, 2.45) is 0 Å². The van der Waals surface area contributed by atoms with Crippen LogP contribution in [0, 0.1) is 0 Å². The molecule has 0 radical (unpaired) electrons. The Balaban J connectivity index is 1.39. The average molecular weight is 618 g/mol. The van der Waals surface area contributed by atoms with E-state index in [-0.39, 0.29) is 17.5 Å². The van der Waals surface area contributed by atoms with Gasteiger partial charge in [0, 0.05) is 38.5 Å². The maximum absolute atomic E-state index is 7.11. The van der Waals surface area contributed by atoms with Crippen molar-refractivity contribution in [2.75, 3.05) is 0 Å². The van der Waals surface area contributed by atoms with Crippen LogP contribution < -0.4 is 16.4 Å². The van der Waals surface area contributed by atoms with Gasteiger partial charge in [-0.05, 0) is 56.8 Å². The van der Waals surface area contributed by atoms with Crippen LogP contribution in [0.5, 0.6) is 0 Å². The van der Waals surface area contributed by atoms with E-state index in [1.165, 1.54) is 66.1 Å². The van der Waals surface area contributed by atoms with E-state index in [9.17, 15) is 0 Å². The highest BCUT2D eigenvalue weighted by molar-refractivity contribution is 6.99. The summed E-state index contributed by atoms with van der Waals surface area (Å²) in [5.74, 6) is 0.918. The standard InChI is InChI=1S/C45H36BNO/c1-44(2,3)29-20-24-36-35(26-29)46-34-19-13-12-18-32(34)45(4,5)33-23-21-30-39-37(47(36)41(30)40(33)46)25-22-31-38(27-14-8-6-9-15-27)42(48-43(31)39)28-16-10-7-11-17-28/h6-26H,1-5H3. The highest BCUT2D eigenvalue weighted by Crippen LogP contribution is 2.47. The lowest BCUT2D eigenvalue weighted by Gasteiger charge is -2.41. The maximum atomic E-state index is 7.11. The minimum atomic E-state index is -0.127. The summed E-state index contributed by atoms with van der Waals surface area (Å²) in [6.45, 7) is 11.9. The van der Waals surface area contributed by atoms with Crippen LogP contribution in [0.2, 0.25) is 0 Å². The summed E-state index contributed by atoms with van der Waals surface area (Å²) in [7, 11) is 0. The van der Waals surface area contributed by atoms with E-state index in [0.717, 1.165) is 27.9 Å². The van der Waals surface area contributed by atoms with E-state index in [1.807, 2.05) is 0 Å². The molecule has 6 aromatic carbocycles. The van der Waals surface area contributed by atoms with Crippen molar-refractivity contribution in [1.29, 1.82) is 0 Å². The second kappa shape index (κ2) is 9.42. The van der Waals surface area contributed by atoms with Gasteiger partial charge in [-0.3, -0.25) is 0 Å². The summed E-state index contributed by atoms with van der Waals surface area (Å²) in [6.07, 6.45) is 0.